The van der Waals surface area contributed by atoms with E-state index < -0.39 is 0 Å². The van der Waals surface area contributed by atoms with Gasteiger partial charge in [-0.1, -0.05) is 35.4 Å². The molecule has 0 atom stereocenters. The summed E-state index contributed by atoms with van der Waals surface area (Å²) in [7, 11) is 0. The summed E-state index contributed by atoms with van der Waals surface area (Å²) in [5, 5.41) is 0. The average molecular weight is 755 g/mol. The van der Waals surface area contributed by atoms with Gasteiger partial charge in [-0.05, 0) is 17.3 Å². The summed E-state index contributed by atoms with van der Waals surface area (Å²) in [5.74, 6) is -0.309. The molecular formula is C30H59IO13. The summed E-state index contributed by atoms with van der Waals surface area (Å²) in [6.45, 7) is 13.2. The molecule has 0 spiro atoms. The molecule has 0 bridgehead atoms. The molecule has 0 saturated carbocycles. The van der Waals surface area contributed by atoms with Crippen LogP contribution in [-0.4, -0.2) is 162 Å². The lowest BCUT2D eigenvalue weighted by Gasteiger charge is -2.09. The van der Waals surface area contributed by atoms with Crippen LogP contribution in [0.15, 0.2) is 0 Å². The normalized spacial score (nSPS) is 11.4. The summed E-state index contributed by atoms with van der Waals surface area (Å²) in [5.41, 5.74) is 0. The quantitative estimate of drug-likeness (QED) is 0.0396. The molecule has 0 aromatic rings. The van der Waals surface area contributed by atoms with Crippen molar-refractivity contribution < 1.29 is 61.6 Å². The highest BCUT2D eigenvalue weighted by Crippen LogP contribution is 2.02. The number of alkyl halides is 1. The van der Waals surface area contributed by atoms with Crippen LogP contribution in [-0.2, 0) is 61.6 Å². The van der Waals surface area contributed by atoms with Crippen LogP contribution in [0.5, 0.6) is 0 Å². The Morgan fingerprint density at radius 1 is 0.341 bits per heavy atom. The van der Waals surface area contributed by atoms with Gasteiger partial charge in [0.15, 0.2) is 0 Å². The largest absolute Gasteiger partial charge is 0.463 e. The van der Waals surface area contributed by atoms with E-state index in [4.69, 9.17) is 56.8 Å². The molecule has 0 aliphatic rings. The van der Waals surface area contributed by atoms with Gasteiger partial charge in [0.1, 0.15) is 6.61 Å². The Kier molecular flexibility index (Phi) is 40.6. The molecule has 264 valence electrons. The highest BCUT2D eigenvalue weighted by Gasteiger charge is 1.97. The standard InChI is InChI=1S/C30H59IO13/c1-30(32)44-29-28-43-27-26-42-25-24-41-23-22-40-21-20-39-19-18-38-17-16-37-15-14-36-13-12-35-11-10-34-9-8-33-7-5-3-2-4-6-31/h2-29H2,1H3. The van der Waals surface area contributed by atoms with E-state index in [2.05, 4.69) is 22.6 Å². The first-order chi connectivity index (χ1) is 21.8. The van der Waals surface area contributed by atoms with Gasteiger partial charge in [-0.25, -0.2) is 0 Å². The van der Waals surface area contributed by atoms with Crippen molar-refractivity contribution in [2.24, 2.45) is 0 Å². The van der Waals surface area contributed by atoms with Crippen LogP contribution in [0.2, 0.25) is 0 Å². The molecule has 0 heterocycles. The molecule has 0 unspecified atom stereocenters. The average Bonchev–Trinajstić information content (AvgIpc) is 3.02. The molecule has 0 amide bonds. The second kappa shape index (κ2) is 40.8. The Balaban J connectivity index is 3.04. The number of ether oxygens (including phenoxy) is 12. The predicted octanol–water partition coefficient (Wildman–Crippen LogP) is 2.73. The zero-order valence-corrected chi connectivity index (χ0v) is 29.1. The second-order valence-electron chi connectivity index (χ2n) is 9.18. The lowest BCUT2D eigenvalue weighted by Crippen LogP contribution is -2.15. The lowest BCUT2D eigenvalue weighted by molar-refractivity contribution is -0.142. The maximum absolute atomic E-state index is 10.6. The van der Waals surface area contributed by atoms with E-state index in [1.54, 1.807) is 0 Å². The number of halogens is 1. The van der Waals surface area contributed by atoms with Crippen LogP contribution in [0.4, 0.5) is 0 Å². The molecule has 0 saturated heterocycles. The van der Waals surface area contributed by atoms with Crippen LogP contribution < -0.4 is 0 Å². The molecule has 0 aromatic heterocycles. The van der Waals surface area contributed by atoms with Gasteiger partial charge in [-0.15, -0.1) is 0 Å². The number of carbonyl (C=O) groups excluding carboxylic acids is 1. The van der Waals surface area contributed by atoms with Gasteiger partial charge in [0, 0.05) is 13.5 Å². The van der Waals surface area contributed by atoms with Crippen molar-refractivity contribution in [3.05, 3.63) is 0 Å². The van der Waals surface area contributed by atoms with Gasteiger partial charge in [-0.2, -0.15) is 0 Å². The first-order valence-corrected chi connectivity index (χ1v) is 17.3. The third-order valence-electron chi connectivity index (χ3n) is 5.43. The summed E-state index contributed by atoms with van der Waals surface area (Å²) in [6, 6.07) is 0. The van der Waals surface area contributed by atoms with Crippen molar-refractivity contribution in [1.82, 2.24) is 0 Å². The van der Waals surface area contributed by atoms with E-state index in [0.29, 0.717) is 139 Å². The van der Waals surface area contributed by atoms with Gasteiger partial charge in [0.2, 0.25) is 0 Å². The van der Waals surface area contributed by atoms with Crippen LogP contribution in [0.3, 0.4) is 0 Å². The van der Waals surface area contributed by atoms with Gasteiger partial charge < -0.3 is 56.8 Å². The van der Waals surface area contributed by atoms with E-state index in [1.807, 2.05) is 0 Å². The van der Waals surface area contributed by atoms with Gasteiger partial charge in [0.25, 0.3) is 0 Å². The first kappa shape index (κ1) is 43.8. The summed E-state index contributed by atoms with van der Waals surface area (Å²) in [6.07, 6.45) is 4.97. The molecule has 0 rings (SSSR count). The van der Waals surface area contributed by atoms with E-state index in [-0.39, 0.29) is 12.6 Å². The number of unbranched alkanes of at least 4 members (excludes halogenated alkanes) is 3. The zero-order valence-electron chi connectivity index (χ0n) is 27.0. The van der Waals surface area contributed by atoms with E-state index in [1.165, 1.54) is 30.6 Å². The van der Waals surface area contributed by atoms with E-state index in [0.717, 1.165) is 13.0 Å². The molecule has 0 radical (unpaired) electrons. The van der Waals surface area contributed by atoms with Crippen LogP contribution in [0.1, 0.15) is 32.6 Å². The second-order valence-corrected chi connectivity index (χ2v) is 10.3. The molecule has 0 aliphatic heterocycles. The number of esters is 1. The van der Waals surface area contributed by atoms with Crippen molar-refractivity contribution in [2.45, 2.75) is 32.6 Å². The highest BCUT2D eigenvalue weighted by atomic mass is 127. The fraction of sp³-hybridized carbons (Fsp3) is 0.967. The maximum atomic E-state index is 10.6. The van der Waals surface area contributed by atoms with Crippen LogP contribution in [0, 0.1) is 0 Å². The van der Waals surface area contributed by atoms with Crippen molar-refractivity contribution in [3.8, 4) is 0 Å². The maximum Gasteiger partial charge on any atom is 0.302 e. The number of hydrogen-bond acceptors (Lipinski definition) is 13. The van der Waals surface area contributed by atoms with Gasteiger partial charge in [0.05, 0.1) is 139 Å². The van der Waals surface area contributed by atoms with Gasteiger partial charge in [-0.3, -0.25) is 4.79 Å². The molecule has 14 heteroatoms. The third-order valence-corrected chi connectivity index (χ3v) is 6.19. The molecule has 44 heavy (non-hydrogen) atoms. The molecular weight excluding hydrogens is 695 g/mol. The summed E-state index contributed by atoms with van der Waals surface area (Å²) >= 11 is 2.42. The third kappa shape index (κ3) is 41.8. The van der Waals surface area contributed by atoms with E-state index >= 15 is 0 Å². The van der Waals surface area contributed by atoms with Crippen molar-refractivity contribution >= 4 is 28.6 Å². The van der Waals surface area contributed by atoms with Crippen molar-refractivity contribution in [2.75, 3.05) is 156 Å². The minimum absolute atomic E-state index is 0.260. The topological polar surface area (TPSA) is 128 Å². The van der Waals surface area contributed by atoms with Gasteiger partial charge >= 0.3 is 5.97 Å². The molecule has 13 nitrogen and oxygen atoms in total. The molecule has 0 aliphatic carbocycles. The van der Waals surface area contributed by atoms with Crippen molar-refractivity contribution in [3.63, 3.8) is 0 Å². The fourth-order valence-corrected chi connectivity index (χ4v) is 3.74. The van der Waals surface area contributed by atoms with E-state index in [9.17, 15) is 4.79 Å². The van der Waals surface area contributed by atoms with Crippen LogP contribution >= 0.6 is 22.6 Å². The smallest absolute Gasteiger partial charge is 0.302 e. The number of carbonyl (C=O) groups is 1. The Hall–Kier alpha value is -0.240. The fourth-order valence-electron chi connectivity index (χ4n) is 3.20. The Bertz CT molecular complexity index is 549. The molecule has 0 N–H and O–H groups in total. The Labute approximate surface area is 278 Å². The minimum Gasteiger partial charge on any atom is -0.463 e. The monoisotopic (exact) mass is 754 g/mol. The molecule has 0 fully saturated rings. The number of hydrogen-bond donors (Lipinski definition) is 0. The highest BCUT2D eigenvalue weighted by molar-refractivity contribution is 14.1. The zero-order chi connectivity index (χ0) is 31.9. The summed E-state index contributed by atoms with van der Waals surface area (Å²) < 4.78 is 65.9. The van der Waals surface area contributed by atoms with Crippen LogP contribution in [0.25, 0.3) is 0 Å². The SMILES string of the molecule is CC(=O)OCCOCCOCCOCCOCCOCCOCCOCCOCCOCCOCCOCCCCCCI. The lowest BCUT2D eigenvalue weighted by atomic mass is 10.2. The Morgan fingerprint density at radius 2 is 0.568 bits per heavy atom. The minimum atomic E-state index is -0.309. The molecule has 0 aromatic carbocycles. The summed E-state index contributed by atoms with van der Waals surface area (Å²) in [4.78, 5) is 10.6. The van der Waals surface area contributed by atoms with Crippen molar-refractivity contribution in [1.29, 1.82) is 0 Å². The Morgan fingerprint density at radius 3 is 0.818 bits per heavy atom. The number of rotatable bonds is 39. The predicted molar refractivity (Wildman–Crippen MR) is 173 cm³/mol. The first-order valence-electron chi connectivity index (χ1n) is 15.8.